The number of nitrogens with one attached hydrogen (secondary N) is 5. The number of unbranched alkanes of at least 4 members (excludes halogenated alkanes) is 1. The van der Waals surface area contributed by atoms with Gasteiger partial charge in [-0.2, -0.15) is 0 Å². The lowest BCUT2D eigenvalue weighted by molar-refractivity contribution is -0.144. The molecule has 0 saturated carbocycles. The molecule has 1 aliphatic rings. The molecule has 0 bridgehead atoms. The van der Waals surface area contributed by atoms with Crippen LogP contribution < -0.4 is 26.6 Å². The number of carbonyl (C=O) groups is 5. The van der Waals surface area contributed by atoms with Crippen LogP contribution in [0.4, 0.5) is 4.79 Å². The van der Waals surface area contributed by atoms with Gasteiger partial charge in [0.15, 0.2) is 11.1 Å². The van der Waals surface area contributed by atoms with Gasteiger partial charge in [0.25, 0.3) is 5.91 Å². The first kappa shape index (κ1) is 42.5. The summed E-state index contributed by atoms with van der Waals surface area (Å²) in [5.74, 6) is -2.72. The van der Waals surface area contributed by atoms with Crippen LogP contribution in [0.15, 0.2) is 41.8 Å². The Morgan fingerprint density at radius 1 is 1.04 bits per heavy atom. The van der Waals surface area contributed by atoms with Crippen molar-refractivity contribution in [2.24, 2.45) is 16.7 Å². The molecule has 2 rings (SSSR count). The summed E-state index contributed by atoms with van der Waals surface area (Å²) in [6.07, 6.45) is 3.65. The molecule has 50 heavy (non-hydrogen) atoms. The molecule has 280 valence electrons. The van der Waals surface area contributed by atoms with E-state index >= 15 is 0 Å². The fourth-order valence-corrected chi connectivity index (χ4v) is 6.39. The maximum Gasteiger partial charge on any atom is 0.315 e. The Labute approximate surface area is 299 Å². The van der Waals surface area contributed by atoms with Crippen molar-refractivity contribution >= 4 is 40.6 Å². The molecule has 6 atom stereocenters. The molecule has 6 N–H and O–H groups in total. The molecule has 1 saturated heterocycles. The maximum absolute atomic E-state index is 14.2. The summed E-state index contributed by atoms with van der Waals surface area (Å²) in [5.41, 5.74) is -0.463. The first-order valence-electron chi connectivity index (χ1n) is 17.3. The quantitative estimate of drug-likeness (QED) is 0.0805. The summed E-state index contributed by atoms with van der Waals surface area (Å²) >= 11 is -2.14. The number of benzene rings is 1. The summed E-state index contributed by atoms with van der Waals surface area (Å²) in [7, 11) is 0. The van der Waals surface area contributed by atoms with Crippen LogP contribution in [0, 0.1) is 16.7 Å². The van der Waals surface area contributed by atoms with Gasteiger partial charge in [-0.15, -0.1) is 6.58 Å². The van der Waals surface area contributed by atoms with E-state index in [0.29, 0.717) is 36.4 Å². The van der Waals surface area contributed by atoms with Crippen molar-refractivity contribution in [1.82, 2.24) is 31.5 Å². The number of hydrogen-bond donors (Lipinski definition) is 6. The summed E-state index contributed by atoms with van der Waals surface area (Å²) in [6.45, 7) is 19.8. The number of likely N-dealkylation sites (tertiary alicyclic amines) is 1. The van der Waals surface area contributed by atoms with Crippen molar-refractivity contribution in [2.75, 3.05) is 19.6 Å². The van der Waals surface area contributed by atoms with Crippen molar-refractivity contribution in [3.05, 3.63) is 42.5 Å². The normalized spacial score (nSPS) is 18.7. The SMILES string of the molecule is C=CCNC(=O)C(=O)C(CCCC)NC(=O)C1C(C)CCN1C(=O)C(NC(=O)NC(CNCc1ccccc1S(=O)O)C(C)(C)C)C(C)(C)C. The van der Waals surface area contributed by atoms with E-state index in [2.05, 4.69) is 33.2 Å². The molecule has 0 aromatic heterocycles. The first-order chi connectivity index (χ1) is 23.3. The van der Waals surface area contributed by atoms with E-state index in [1.807, 2.05) is 55.4 Å². The molecular weight excluding hydrogens is 660 g/mol. The summed E-state index contributed by atoms with van der Waals surface area (Å²) in [4.78, 5) is 68.7. The zero-order valence-corrected chi connectivity index (χ0v) is 31.7. The largest absolute Gasteiger partial charge is 0.346 e. The van der Waals surface area contributed by atoms with Gasteiger partial charge in [-0.3, -0.25) is 19.2 Å². The molecule has 0 spiro atoms. The molecule has 1 heterocycles. The van der Waals surface area contributed by atoms with Crippen LogP contribution in [0.5, 0.6) is 0 Å². The molecule has 0 radical (unpaired) electrons. The monoisotopic (exact) mass is 718 g/mol. The maximum atomic E-state index is 14.2. The summed E-state index contributed by atoms with van der Waals surface area (Å²) < 4.78 is 21.4. The highest BCUT2D eigenvalue weighted by atomic mass is 32.2. The van der Waals surface area contributed by atoms with E-state index in [0.717, 1.165) is 6.42 Å². The molecule has 5 amide bonds. The van der Waals surface area contributed by atoms with E-state index in [1.165, 1.54) is 11.0 Å². The number of amides is 5. The number of Topliss-reactive ketones (excluding diaryl/α,β-unsaturated/α-hetero) is 1. The number of urea groups is 1. The minimum atomic E-state index is -2.14. The lowest BCUT2D eigenvalue weighted by Gasteiger charge is -2.37. The number of hydrogen-bond acceptors (Lipinski definition) is 7. The van der Waals surface area contributed by atoms with Gasteiger partial charge in [-0.05, 0) is 41.2 Å². The molecule has 14 heteroatoms. The molecule has 0 aliphatic carbocycles. The van der Waals surface area contributed by atoms with Crippen molar-refractivity contribution in [3.63, 3.8) is 0 Å². The molecule has 1 aromatic carbocycles. The Balaban J connectivity index is 2.21. The van der Waals surface area contributed by atoms with Gasteiger partial charge in [0.2, 0.25) is 17.6 Å². The summed E-state index contributed by atoms with van der Waals surface area (Å²) in [6, 6.07) is 2.96. The van der Waals surface area contributed by atoms with E-state index in [1.54, 1.807) is 24.3 Å². The van der Waals surface area contributed by atoms with Gasteiger partial charge in [-0.1, -0.05) is 92.5 Å². The third-order valence-electron chi connectivity index (χ3n) is 8.93. The van der Waals surface area contributed by atoms with E-state index in [9.17, 15) is 32.7 Å². The topological polar surface area (TPSA) is 186 Å². The zero-order valence-electron chi connectivity index (χ0n) is 30.9. The van der Waals surface area contributed by atoms with Gasteiger partial charge in [-0.25, -0.2) is 9.00 Å². The van der Waals surface area contributed by atoms with Crippen molar-refractivity contribution < 1.29 is 32.7 Å². The van der Waals surface area contributed by atoms with E-state index in [-0.39, 0.29) is 25.4 Å². The Morgan fingerprint density at radius 2 is 1.70 bits per heavy atom. The van der Waals surface area contributed by atoms with Crippen molar-refractivity contribution in [3.8, 4) is 0 Å². The second-order valence-corrected chi connectivity index (χ2v) is 16.1. The van der Waals surface area contributed by atoms with Crippen LogP contribution in [0.25, 0.3) is 0 Å². The molecule has 13 nitrogen and oxygen atoms in total. The van der Waals surface area contributed by atoms with Crippen molar-refractivity contribution in [1.29, 1.82) is 0 Å². The average molecular weight is 719 g/mol. The van der Waals surface area contributed by atoms with Gasteiger partial charge in [0.1, 0.15) is 12.1 Å². The smallest absolute Gasteiger partial charge is 0.315 e. The van der Waals surface area contributed by atoms with Gasteiger partial charge in [0.05, 0.1) is 10.9 Å². The second-order valence-electron chi connectivity index (χ2n) is 15.1. The highest BCUT2D eigenvalue weighted by molar-refractivity contribution is 7.79. The van der Waals surface area contributed by atoms with Gasteiger partial charge >= 0.3 is 6.03 Å². The predicted molar refractivity (Wildman–Crippen MR) is 194 cm³/mol. The Bertz CT molecular complexity index is 1390. The van der Waals surface area contributed by atoms with Crippen LogP contribution in [0.2, 0.25) is 0 Å². The van der Waals surface area contributed by atoms with Gasteiger partial charge < -0.3 is 36.0 Å². The molecule has 6 unspecified atom stereocenters. The van der Waals surface area contributed by atoms with Crippen LogP contribution in [0.1, 0.15) is 86.6 Å². The molecule has 1 aliphatic heterocycles. The van der Waals surface area contributed by atoms with Crippen LogP contribution >= 0.6 is 0 Å². The fraction of sp³-hybridized carbons (Fsp3) is 0.639. The van der Waals surface area contributed by atoms with Crippen LogP contribution in [-0.2, 0) is 36.8 Å². The number of carbonyl (C=O) groups excluding carboxylic acids is 5. The molecular formula is C36H58N6O7S. The Kier molecular flexibility index (Phi) is 16.3. The third-order valence-corrected chi connectivity index (χ3v) is 9.70. The number of ketones is 1. The minimum Gasteiger partial charge on any atom is -0.346 e. The molecule has 1 aromatic rings. The highest BCUT2D eigenvalue weighted by Gasteiger charge is 2.45. The third kappa shape index (κ3) is 12.3. The fourth-order valence-electron chi connectivity index (χ4n) is 5.83. The van der Waals surface area contributed by atoms with Crippen molar-refractivity contribution in [2.45, 2.75) is 117 Å². The van der Waals surface area contributed by atoms with Crippen LogP contribution in [0.3, 0.4) is 0 Å². The lowest BCUT2D eigenvalue weighted by Crippen LogP contribution is -2.62. The van der Waals surface area contributed by atoms with E-state index in [4.69, 9.17) is 0 Å². The highest BCUT2D eigenvalue weighted by Crippen LogP contribution is 2.29. The number of rotatable bonds is 17. The molecule has 1 fully saturated rings. The average Bonchev–Trinajstić information content (AvgIpc) is 3.43. The standard InChI is InChI=1S/C36H58N6O7S/c1-10-12-16-25(29(43)32(45)38-19-11-2)39-31(44)28-23(3)18-20-42(28)33(46)30(36(7,8)9)41-34(47)40-27(35(4,5)6)22-37-21-24-15-13-14-17-26(24)50(48)49/h11,13-15,17,23,25,27-28,30,37H,2,10,12,16,18-22H2,1,3-9H3,(H,38,45)(H,39,44)(H,48,49)(H2,40,41,47). The van der Waals surface area contributed by atoms with E-state index < -0.39 is 75.6 Å². The van der Waals surface area contributed by atoms with Gasteiger partial charge in [0, 0.05) is 32.2 Å². The second kappa shape index (κ2) is 19.1. The van der Waals surface area contributed by atoms with Crippen LogP contribution in [-0.4, -0.2) is 87.0 Å². The Morgan fingerprint density at radius 3 is 2.28 bits per heavy atom. The Hall–Kier alpha value is -3.62. The minimum absolute atomic E-state index is 0.116. The summed E-state index contributed by atoms with van der Waals surface area (Å²) in [5, 5.41) is 14.4. The zero-order chi connectivity index (χ0) is 37.8. The predicted octanol–water partition coefficient (Wildman–Crippen LogP) is 3.27. The lowest BCUT2D eigenvalue weighted by atomic mass is 9.85. The first-order valence-corrected chi connectivity index (χ1v) is 18.4. The number of nitrogens with zero attached hydrogens (tertiary/aromatic N) is 1.